The second-order valence-electron chi connectivity index (χ2n) is 3.17. The van der Waals surface area contributed by atoms with Gasteiger partial charge in [0.2, 0.25) is 0 Å². The number of rotatable bonds is 3. The first kappa shape index (κ1) is 11.3. The molecule has 82 valence electrons. The van der Waals surface area contributed by atoms with Crippen LogP contribution < -0.4 is 4.65 Å². The molecule has 0 radical (unpaired) electrons. The molecular formula is C10H10BNO3S. The molecule has 1 aromatic carbocycles. The Hall–Kier alpha value is -1.24. The van der Waals surface area contributed by atoms with Crippen LogP contribution in [0.4, 0.5) is 0 Å². The molecule has 0 aliphatic heterocycles. The third-order valence-corrected chi connectivity index (χ3v) is 2.91. The van der Waals surface area contributed by atoms with Crippen molar-refractivity contribution < 1.29 is 14.7 Å². The van der Waals surface area contributed by atoms with E-state index in [1.807, 2.05) is 18.4 Å². The van der Waals surface area contributed by atoms with Crippen molar-refractivity contribution in [1.29, 1.82) is 0 Å². The number of hydrogen-bond acceptors (Lipinski definition) is 5. The van der Waals surface area contributed by atoms with Gasteiger partial charge in [-0.25, -0.2) is 0 Å². The molecule has 16 heavy (non-hydrogen) atoms. The van der Waals surface area contributed by atoms with Gasteiger partial charge in [0, 0.05) is 22.7 Å². The fraction of sp³-hybridized carbons (Fsp3) is 0.100. The lowest BCUT2D eigenvalue weighted by molar-refractivity contribution is 0.285. The molecule has 0 saturated carbocycles. The second kappa shape index (κ2) is 4.73. The van der Waals surface area contributed by atoms with Crippen molar-refractivity contribution in [3.63, 3.8) is 0 Å². The first-order chi connectivity index (χ1) is 7.70. The summed E-state index contributed by atoms with van der Waals surface area (Å²) >= 11 is 1.48. The molecule has 0 bridgehead atoms. The molecule has 2 rings (SSSR count). The van der Waals surface area contributed by atoms with Gasteiger partial charge in [-0.2, -0.15) is 0 Å². The van der Waals surface area contributed by atoms with Gasteiger partial charge in [0.15, 0.2) is 0 Å². The van der Waals surface area contributed by atoms with E-state index in [-0.39, 0.29) is 0 Å². The van der Waals surface area contributed by atoms with Crippen molar-refractivity contribution in [1.82, 2.24) is 4.98 Å². The summed E-state index contributed by atoms with van der Waals surface area (Å²) in [6.07, 6.45) is 5.34. The van der Waals surface area contributed by atoms with Gasteiger partial charge >= 0.3 is 7.32 Å². The van der Waals surface area contributed by atoms with E-state index in [1.54, 1.807) is 18.5 Å². The molecule has 0 aliphatic rings. The highest BCUT2D eigenvalue weighted by atomic mass is 32.2. The maximum atomic E-state index is 8.81. The zero-order chi connectivity index (χ0) is 11.5. The Morgan fingerprint density at radius 1 is 1.31 bits per heavy atom. The summed E-state index contributed by atoms with van der Waals surface area (Å²) in [6, 6.07) is 5.52. The van der Waals surface area contributed by atoms with Gasteiger partial charge in [-0.05, 0) is 29.8 Å². The Bertz CT molecular complexity index is 506. The maximum Gasteiger partial charge on any atom is 0.707 e. The largest absolute Gasteiger partial charge is 0.707 e. The van der Waals surface area contributed by atoms with Gasteiger partial charge in [0.1, 0.15) is 5.75 Å². The lowest BCUT2D eigenvalue weighted by atomic mass is 10.1. The van der Waals surface area contributed by atoms with Crippen LogP contribution in [0.1, 0.15) is 0 Å². The van der Waals surface area contributed by atoms with Gasteiger partial charge in [-0.3, -0.25) is 4.98 Å². The number of benzene rings is 1. The molecule has 2 N–H and O–H groups in total. The standard InChI is InChI=1S/C10H10BNO3S/c1-16-10-5-8-6-12-3-2-7(8)4-9(10)15-11(13)14/h2-6,13-14H,1H3. The van der Waals surface area contributed by atoms with Crippen LogP contribution in [0.25, 0.3) is 10.8 Å². The van der Waals surface area contributed by atoms with Crippen LogP contribution in [0.5, 0.6) is 5.75 Å². The molecule has 0 unspecified atom stereocenters. The maximum absolute atomic E-state index is 8.81. The number of aromatic nitrogens is 1. The van der Waals surface area contributed by atoms with E-state index in [0.717, 1.165) is 15.7 Å². The summed E-state index contributed by atoms with van der Waals surface area (Å²) in [6.45, 7) is 0. The van der Waals surface area contributed by atoms with E-state index in [1.165, 1.54) is 11.8 Å². The number of hydrogen-bond donors (Lipinski definition) is 2. The molecule has 0 aliphatic carbocycles. The Balaban J connectivity index is 2.53. The number of nitrogens with zero attached hydrogens (tertiary/aromatic N) is 1. The first-order valence-corrected chi connectivity index (χ1v) is 5.88. The van der Waals surface area contributed by atoms with Crippen LogP contribution in [0.3, 0.4) is 0 Å². The minimum absolute atomic E-state index is 0.459. The second-order valence-corrected chi connectivity index (χ2v) is 4.02. The molecular weight excluding hydrogens is 225 g/mol. The Kier molecular flexibility index (Phi) is 3.33. The van der Waals surface area contributed by atoms with Crippen molar-refractivity contribution in [2.75, 3.05) is 6.26 Å². The van der Waals surface area contributed by atoms with Gasteiger partial charge in [-0.15, -0.1) is 11.8 Å². The monoisotopic (exact) mass is 235 g/mol. The molecule has 0 spiro atoms. The summed E-state index contributed by atoms with van der Waals surface area (Å²) in [7, 11) is -1.80. The van der Waals surface area contributed by atoms with E-state index in [9.17, 15) is 0 Å². The zero-order valence-corrected chi connectivity index (χ0v) is 9.44. The Morgan fingerprint density at radius 2 is 2.12 bits per heavy atom. The SMILES string of the molecule is CSc1cc2cnccc2cc1OB(O)O. The lowest BCUT2D eigenvalue weighted by Crippen LogP contribution is -2.20. The summed E-state index contributed by atoms with van der Waals surface area (Å²) in [4.78, 5) is 4.87. The van der Waals surface area contributed by atoms with Crippen LogP contribution in [0.2, 0.25) is 0 Å². The van der Waals surface area contributed by atoms with Crippen molar-refractivity contribution >= 4 is 29.9 Å². The van der Waals surface area contributed by atoms with Crippen LogP contribution in [0, 0.1) is 0 Å². The van der Waals surface area contributed by atoms with Crippen molar-refractivity contribution in [2.45, 2.75) is 4.90 Å². The van der Waals surface area contributed by atoms with E-state index in [2.05, 4.69) is 4.98 Å². The lowest BCUT2D eigenvalue weighted by Gasteiger charge is -2.10. The third-order valence-electron chi connectivity index (χ3n) is 2.16. The normalized spacial score (nSPS) is 10.4. The summed E-state index contributed by atoms with van der Waals surface area (Å²) in [5.41, 5.74) is 0. The molecule has 1 heterocycles. The number of pyridine rings is 1. The molecule has 0 atom stereocenters. The molecule has 2 aromatic rings. The highest BCUT2D eigenvalue weighted by molar-refractivity contribution is 7.98. The van der Waals surface area contributed by atoms with Crippen LogP contribution in [0.15, 0.2) is 35.5 Å². The van der Waals surface area contributed by atoms with Gasteiger partial charge in [-0.1, -0.05) is 0 Å². The summed E-state index contributed by atoms with van der Waals surface area (Å²) in [5.74, 6) is 0.459. The smallest absolute Gasteiger partial charge is 0.511 e. The van der Waals surface area contributed by atoms with Crippen molar-refractivity contribution in [2.24, 2.45) is 0 Å². The van der Waals surface area contributed by atoms with E-state index in [4.69, 9.17) is 14.7 Å². The number of fused-ring (bicyclic) bond motifs is 1. The Labute approximate surface area is 97.5 Å². The molecule has 4 nitrogen and oxygen atoms in total. The minimum Gasteiger partial charge on any atom is -0.511 e. The van der Waals surface area contributed by atoms with Crippen LogP contribution >= 0.6 is 11.8 Å². The summed E-state index contributed by atoms with van der Waals surface area (Å²) < 4.78 is 4.91. The molecule has 0 amide bonds. The predicted molar refractivity (Wildman–Crippen MR) is 64.3 cm³/mol. The van der Waals surface area contributed by atoms with E-state index < -0.39 is 7.32 Å². The first-order valence-electron chi connectivity index (χ1n) is 4.65. The average molecular weight is 235 g/mol. The highest BCUT2D eigenvalue weighted by Gasteiger charge is 2.14. The van der Waals surface area contributed by atoms with Gasteiger partial charge < -0.3 is 14.7 Å². The van der Waals surface area contributed by atoms with E-state index >= 15 is 0 Å². The van der Waals surface area contributed by atoms with Crippen LogP contribution in [-0.4, -0.2) is 28.6 Å². The molecule has 1 aromatic heterocycles. The van der Waals surface area contributed by atoms with Crippen LogP contribution in [-0.2, 0) is 0 Å². The fourth-order valence-electron chi connectivity index (χ4n) is 1.46. The zero-order valence-electron chi connectivity index (χ0n) is 8.62. The quantitative estimate of drug-likeness (QED) is 0.620. The predicted octanol–water partition coefficient (Wildman–Crippen LogP) is 1.30. The molecule has 0 saturated heterocycles. The molecule has 6 heteroatoms. The van der Waals surface area contributed by atoms with Crippen molar-refractivity contribution in [3.05, 3.63) is 30.6 Å². The molecule has 0 fully saturated rings. The summed E-state index contributed by atoms with van der Waals surface area (Å²) in [5, 5.41) is 19.6. The van der Waals surface area contributed by atoms with Gasteiger partial charge in [0.05, 0.1) is 0 Å². The van der Waals surface area contributed by atoms with E-state index in [0.29, 0.717) is 5.75 Å². The fourth-order valence-corrected chi connectivity index (χ4v) is 2.01. The Morgan fingerprint density at radius 3 is 2.81 bits per heavy atom. The van der Waals surface area contributed by atoms with Gasteiger partial charge in [0.25, 0.3) is 0 Å². The highest BCUT2D eigenvalue weighted by Crippen LogP contribution is 2.32. The third kappa shape index (κ3) is 2.29. The minimum atomic E-state index is -1.80. The topological polar surface area (TPSA) is 62.6 Å². The van der Waals surface area contributed by atoms with Crippen molar-refractivity contribution in [3.8, 4) is 5.75 Å². The number of thioether (sulfide) groups is 1. The average Bonchev–Trinajstić information content (AvgIpc) is 2.27.